The molecule has 2 aromatic carbocycles. The van der Waals surface area contributed by atoms with Crippen LogP contribution in [0.15, 0.2) is 54.6 Å². The molecule has 1 N–H and O–H groups in total. The van der Waals surface area contributed by atoms with Gasteiger partial charge in [-0.15, -0.1) is 11.3 Å². The van der Waals surface area contributed by atoms with E-state index in [0.717, 1.165) is 53.4 Å². The summed E-state index contributed by atoms with van der Waals surface area (Å²) in [6.45, 7) is 11.2. The number of thiophene rings is 1. The fraction of sp³-hybridized carbons (Fsp3) is 0.382. The molecule has 5 rings (SSSR count). The summed E-state index contributed by atoms with van der Waals surface area (Å²) in [5.41, 5.74) is 5.97. The molecule has 5 nitrogen and oxygen atoms in total. The third-order valence-electron chi connectivity index (χ3n) is 7.96. The average molecular weight is 555 g/mol. The van der Waals surface area contributed by atoms with E-state index < -0.39 is 5.97 Å². The third-order valence-corrected chi connectivity index (χ3v) is 9.13. The highest BCUT2D eigenvalue weighted by molar-refractivity contribution is 7.17. The van der Waals surface area contributed by atoms with Gasteiger partial charge in [-0.3, -0.25) is 4.79 Å². The van der Waals surface area contributed by atoms with Gasteiger partial charge in [0.2, 0.25) is 0 Å². The van der Waals surface area contributed by atoms with Crippen LogP contribution in [0.3, 0.4) is 0 Å². The number of ether oxygens (including phenoxy) is 1. The van der Waals surface area contributed by atoms with Crippen molar-refractivity contribution in [3.63, 3.8) is 0 Å². The summed E-state index contributed by atoms with van der Waals surface area (Å²) in [7, 11) is 1.40. The summed E-state index contributed by atoms with van der Waals surface area (Å²) < 4.78 is 5.17. The second kappa shape index (κ2) is 11.2. The van der Waals surface area contributed by atoms with E-state index in [1.54, 1.807) is 0 Å². The lowest BCUT2D eigenvalue weighted by Gasteiger charge is -2.33. The summed E-state index contributed by atoms with van der Waals surface area (Å²) in [5.74, 6) is 0.444. The van der Waals surface area contributed by atoms with Gasteiger partial charge in [-0.25, -0.2) is 9.78 Å². The minimum atomic E-state index is -0.399. The predicted molar refractivity (Wildman–Crippen MR) is 164 cm³/mol. The van der Waals surface area contributed by atoms with Crippen molar-refractivity contribution < 1.29 is 14.3 Å². The van der Waals surface area contributed by atoms with Crippen molar-refractivity contribution in [1.82, 2.24) is 4.98 Å². The molecule has 1 unspecified atom stereocenters. The lowest BCUT2D eigenvalue weighted by Crippen LogP contribution is -2.26. The molecular weight excluding hydrogens is 516 g/mol. The number of benzene rings is 2. The summed E-state index contributed by atoms with van der Waals surface area (Å²) in [4.78, 5) is 32.9. The Balaban J connectivity index is 1.52. The molecule has 1 amide bonds. The van der Waals surface area contributed by atoms with Crippen molar-refractivity contribution in [3.8, 4) is 11.3 Å². The number of carbonyl (C=O) groups is 2. The molecule has 40 heavy (non-hydrogen) atoms. The number of pyridine rings is 1. The Bertz CT molecular complexity index is 1560. The number of rotatable bonds is 6. The van der Waals surface area contributed by atoms with Crippen molar-refractivity contribution in [2.45, 2.75) is 60.3 Å². The van der Waals surface area contributed by atoms with Gasteiger partial charge in [0.1, 0.15) is 5.00 Å². The molecule has 0 aliphatic heterocycles. The molecule has 2 heterocycles. The van der Waals surface area contributed by atoms with Gasteiger partial charge in [0.05, 0.1) is 29.4 Å². The number of nitrogens with zero attached hydrogens (tertiary/aromatic N) is 1. The molecule has 208 valence electrons. The Kier molecular flexibility index (Phi) is 7.83. The van der Waals surface area contributed by atoms with Crippen molar-refractivity contribution >= 4 is 39.1 Å². The lowest BCUT2D eigenvalue weighted by atomic mass is 9.72. The lowest BCUT2D eigenvalue weighted by molar-refractivity contribution is 0.0600. The zero-order chi connectivity index (χ0) is 28.6. The van der Waals surface area contributed by atoms with E-state index in [4.69, 9.17) is 9.72 Å². The molecule has 1 aliphatic rings. The minimum Gasteiger partial charge on any atom is -0.465 e. The average Bonchev–Trinajstić information content (AvgIpc) is 3.28. The zero-order valence-electron chi connectivity index (χ0n) is 24.3. The van der Waals surface area contributed by atoms with Crippen molar-refractivity contribution in [1.29, 1.82) is 0 Å². The van der Waals surface area contributed by atoms with E-state index in [-0.39, 0.29) is 11.3 Å². The highest BCUT2D eigenvalue weighted by Crippen LogP contribution is 2.44. The number of hydrogen-bond acceptors (Lipinski definition) is 5. The van der Waals surface area contributed by atoms with Gasteiger partial charge < -0.3 is 10.1 Å². The van der Waals surface area contributed by atoms with E-state index in [0.29, 0.717) is 28.0 Å². The fourth-order valence-electron chi connectivity index (χ4n) is 5.70. The van der Waals surface area contributed by atoms with Crippen LogP contribution in [0.1, 0.15) is 77.8 Å². The molecule has 0 fully saturated rings. The number of esters is 1. The maximum absolute atomic E-state index is 13.9. The largest absolute Gasteiger partial charge is 0.465 e. The van der Waals surface area contributed by atoms with Gasteiger partial charge in [-0.1, -0.05) is 77.1 Å². The highest BCUT2D eigenvalue weighted by Gasteiger charge is 2.34. The number of aromatic nitrogens is 1. The minimum absolute atomic E-state index is 0.176. The number of para-hydroxylation sites is 1. The molecule has 0 spiro atoms. The van der Waals surface area contributed by atoms with Crippen molar-refractivity contribution in [3.05, 3.63) is 81.7 Å². The standard InChI is InChI=1S/C34H38N2O3S/c1-20(2)17-21-11-13-22(14-12-21)28-19-26(24-9-7-8-10-27(24)35-28)31(37)36-32-30(33(38)39-6)25-16-15-23(34(3,4)5)18-29(25)40-32/h7-14,19-20,23H,15-18H2,1-6H3,(H,36,37). The van der Waals surface area contributed by atoms with Crippen LogP contribution >= 0.6 is 11.3 Å². The Hall–Kier alpha value is -3.51. The second-order valence-corrected chi connectivity index (χ2v) is 13.4. The van der Waals surface area contributed by atoms with Crippen molar-refractivity contribution in [2.75, 3.05) is 12.4 Å². The van der Waals surface area contributed by atoms with Crippen LogP contribution in [0.4, 0.5) is 5.00 Å². The number of nitrogens with one attached hydrogen (secondary N) is 1. The van der Waals surface area contributed by atoms with Crippen LogP contribution in [0.5, 0.6) is 0 Å². The first-order chi connectivity index (χ1) is 19.0. The SMILES string of the molecule is COC(=O)c1c(NC(=O)c2cc(-c3ccc(CC(C)C)cc3)nc3ccccc23)sc2c1CCC(C(C)(C)C)C2. The van der Waals surface area contributed by atoms with Gasteiger partial charge in [-0.2, -0.15) is 0 Å². The summed E-state index contributed by atoms with van der Waals surface area (Å²) in [6, 6.07) is 18.0. The molecule has 6 heteroatoms. The molecule has 2 aromatic heterocycles. The van der Waals surface area contributed by atoms with E-state index >= 15 is 0 Å². The first-order valence-electron chi connectivity index (χ1n) is 14.1. The van der Waals surface area contributed by atoms with Crippen LogP contribution in [0, 0.1) is 17.3 Å². The monoisotopic (exact) mass is 554 g/mol. The summed E-state index contributed by atoms with van der Waals surface area (Å²) in [5, 5.41) is 4.44. The molecule has 0 saturated heterocycles. The highest BCUT2D eigenvalue weighted by atomic mass is 32.1. The quantitative estimate of drug-likeness (QED) is 0.243. The molecule has 0 radical (unpaired) electrons. The first-order valence-corrected chi connectivity index (χ1v) is 14.9. The fourth-order valence-corrected chi connectivity index (χ4v) is 7.01. The Morgan fingerprint density at radius 2 is 1.82 bits per heavy atom. The summed E-state index contributed by atoms with van der Waals surface area (Å²) in [6.07, 6.45) is 3.74. The second-order valence-electron chi connectivity index (χ2n) is 12.3. The van der Waals surface area contributed by atoms with E-state index in [1.807, 2.05) is 30.3 Å². The normalized spacial score (nSPS) is 15.2. The van der Waals surface area contributed by atoms with E-state index in [2.05, 4.69) is 64.2 Å². The van der Waals surface area contributed by atoms with Crippen LogP contribution in [0.25, 0.3) is 22.2 Å². The van der Waals surface area contributed by atoms with Crippen molar-refractivity contribution in [2.24, 2.45) is 17.3 Å². The molecule has 0 bridgehead atoms. The number of amides is 1. The molecule has 1 atom stereocenters. The summed E-state index contributed by atoms with van der Waals surface area (Å²) >= 11 is 1.51. The number of anilines is 1. The van der Waals surface area contributed by atoms with Gasteiger partial charge in [0.15, 0.2) is 0 Å². The molecule has 4 aromatic rings. The maximum Gasteiger partial charge on any atom is 0.341 e. The topological polar surface area (TPSA) is 68.3 Å². The number of fused-ring (bicyclic) bond motifs is 2. The third kappa shape index (κ3) is 5.68. The van der Waals surface area contributed by atoms with Gasteiger partial charge in [-0.05, 0) is 66.2 Å². The molecule has 0 saturated carbocycles. The molecule has 1 aliphatic carbocycles. The number of carbonyl (C=O) groups excluding carboxylic acids is 2. The number of methoxy groups -OCH3 is 1. The Morgan fingerprint density at radius 1 is 1.10 bits per heavy atom. The van der Waals surface area contributed by atoms with Gasteiger partial charge in [0, 0.05) is 15.8 Å². The van der Waals surface area contributed by atoms with E-state index in [9.17, 15) is 9.59 Å². The van der Waals surface area contributed by atoms with Crippen LogP contribution < -0.4 is 5.32 Å². The smallest absolute Gasteiger partial charge is 0.341 e. The van der Waals surface area contributed by atoms with E-state index in [1.165, 1.54) is 28.9 Å². The Labute approximate surface area is 241 Å². The first kappa shape index (κ1) is 28.0. The van der Waals surface area contributed by atoms with Crippen LogP contribution in [0.2, 0.25) is 0 Å². The zero-order valence-corrected chi connectivity index (χ0v) is 25.1. The maximum atomic E-state index is 13.9. The van der Waals surface area contributed by atoms with Crippen LogP contribution in [-0.4, -0.2) is 24.0 Å². The molecular formula is C34H38N2O3S. The van der Waals surface area contributed by atoms with Gasteiger partial charge in [0.25, 0.3) is 5.91 Å². The van der Waals surface area contributed by atoms with Gasteiger partial charge >= 0.3 is 5.97 Å². The number of hydrogen-bond donors (Lipinski definition) is 1. The predicted octanol–water partition coefficient (Wildman–Crippen LogP) is 8.35. The van der Waals surface area contributed by atoms with Crippen LogP contribution in [-0.2, 0) is 24.0 Å². The Morgan fingerprint density at radius 3 is 2.50 bits per heavy atom.